The molecule has 2 rings (SSSR count). The maximum Gasteiger partial charge on any atom is 0.416 e. The molecule has 2 N–H and O–H groups in total. The molecule has 1 saturated heterocycles. The lowest BCUT2D eigenvalue weighted by molar-refractivity contribution is -0.137. The number of benzene rings is 1. The van der Waals surface area contributed by atoms with Crippen molar-refractivity contribution in [3.05, 3.63) is 28.8 Å². The number of nitrogens with zero attached hydrogens (tertiary/aromatic N) is 2. The van der Waals surface area contributed by atoms with Gasteiger partial charge in [0.1, 0.15) is 5.25 Å². The molecule has 1 aliphatic heterocycles. The summed E-state index contributed by atoms with van der Waals surface area (Å²) in [6.45, 7) is 7.73. The zero-order chi connectivity index (χ0) is 22.0. The van der Waals surface area contributed by atoms with Gasteiger partial charge in [-0.25, -0.2) is 0 Å². The fourth-order valence-electron chi connectivity index (χ4n) is 2.02. The van der Waals surface area contributed by atoms with E-state index in [0.29, 0.717) is 0 Å². The standard InChI is InChI=1S/C18H20ClF3N4O2S/c1-9(17(2,3)4)25-26-16-24-15(28)13(29-16)8-14(27)23-12-7-10(18(20,21)22)5-6-11(12)19/h5-7,13H,8H2,1-4H3,(H,23,27)(H,24,26,28)/b25-9+. The van der Waals surface area contributed by atoms with Crippen molar-refractivity contribution in [1.29, 1.82) is 0 Å². The summed E-state index contributed by atoms with van der Waals surface area (Å²) < 4.78 is 38.5. The molecule has 0 saturated carbocycles. The van der Waals surface area contributed by atoms with Crippen LogP contribution in [0.4, 0.5) is 18.9 Å². The first kappa shape index (κ1) is 23.2. The Morgan fingerprint density at radius 1 is 1.31 bits per heavy atom. The van der Waals surface area contributed by atoms with Crippen molar-refractivity contribution in [3.8, 4) is 0 Å². The summed E-state index contributed by atoms with van der Waals surface area (Å²) in [4.78, 5) is 24.3. The second-order valence-corrected chi connectivity index (χ2v) is 8.98. The van der Waals surface area contributed by atoms with Crippen molar-refractivity contribution in [1.82, 2.24) is 5.32 Å². The van der Waals surface area contributed by atoms with E-state index in [0.717, 1.165) is 35.7 Å². The lowest BCUT2D eigenvalue weighted by atomic mass is 9.91. The first-order valence-corrected chi connectivity index (χ1v) is 9.80. The number of amidine groups is 1. The molecule has 0 bridgehead atoms. The summed E-state index contributed by atoms with van der Waals surface area (Å²) in [5, 5.41) is 12.4. The lowest BCUT2D eigenvalue weighted by Gasteiger charge is -2.16. The van der Waals surface area contributed by atoms with Crippen LogP contribution in [0.2, 0.25) is 5.02 Å². The number of carbonyl (C=O) groups excluding carboxylic acids is 2. The van der Waals surface area contributed by atoms with Crippen molar-refractivity contribution in [3.63, 3.8) is 0 Å². The summed E-state index contributed by atoms with van der Waals surface area (Å²) in [6.07, 6.45) is -4.83. The van der Waals surface area contributed by atoms with Gasteiger partial charge in [0.05, 0.1) is 16.3 Å². The molecule has 0 aromatic heterocycles. The SMILES string of the molecule is C/C(=N\N=C1\NC(=O)C(CC(=O)Nc2cc(C(F)(F)F)ccc2Cl)S1)C(C)(C)C. The van der Waals surface area contributed by atoms with Crippen LogP contribution in [-0.2, 0) is 15.8 Å². The van der Waals surface area contributed by atoms with Crippen LogP contribution in [0.5, 0.6) is 0 Å². The molecule has 11 heteroatoms. The number of carbonyl (C=O) groups is 2. The minimum atomic E-state index is -4.57. The van der Waals surface area contributed by atoms with Gasteiger partial charge in [0.25, 0.3) is 0 Å². The molecule has 1 fully saturated rings. The Hall–Kier alpha value is -2.07. The second kappa shape index (κ2) is 8.74. The van der Waals surface area contributed by atoms with Gasteiger partial charge >= 0.3 is 6.18 Å². The van der Waals surface area contributed by atoms with Crippen LogP contribution < -0.4 is 10.6 Å². The summed E-state index contributed by atoms with van der Waals surface area (Å²) in [5.41, 5.74) is -0.526. The van der Waals surface area contributed by atoms with Gasteiger partial charge in [-0.2, -0.15) is 18.3 Å². The minimum Gasteiger partial charge on any atom is -0.325 e. The molecular formula is C18H20ClF3N4O2S. The molecule has 6 nitrogen and oxygen atoms in total. The molecule has 1 unspecified atom stereocenters. The zero-order valence-electron chi connectivity index (χ0n) is 16.1. The van der Waals surface area contributed by atoms with Gasteiger partial charge in [-0.1, -0.05) is 44.1 Å². The molecule has 1 aromatic rings. The van der Waals surface area contributed by atoms with Gasteiger partial charge in [-0.3, -0.25) is 9.59 Å². The van der Waals surface area contributed by atoms with Gasteiger partial charge in [0.15, 0.2) is 5.17 Å². The topological polar surface area (TPSA) is 82.9 Å². The van der Waals surface area contributed by atoms with Gasteiger partial charge in [-0.15, -0.1) is 5.10 Å². The Kier molecular flexibility index (Phi) is 7.00. The van der Waals surface area contributed by atoms with E-state index in [1.807, 2.05) is 27.7 Å². The van der Waals surface area contributed by atoms with Crippen LogP contribution in [0.25, 0.3) is 0 Å². The van der Waals surface area contributed by atoms with Gasteiger partial charge in [-0.05, 0) is 25.1 Å². The first-order valence-electron chi connectivity index (χ1n) is 8.54. The van der Waals surface area contributed by atoms with E-state index in [9.17, 15) is 22.8 Å². The van der Waals surface area contributed by atoms with E-state index in [4.69, 9.17) is 11.6 Å². The third-order valence-electron chi connectivity index (χ3n) is 4.09. The predicted molar refractivity (Wildman–Crippen MR) is 109 cm³/mol. The average molecular weight is 449 g/mol. The third-order valence-corrected chi connectivity index (χ3v) is 5.49. The minimum absolute atomic E-state index is 0.0379. The van der Waals surface area contributed by atoms with Crippen molar-refractivity contribution in [2.45, 2.75) is 45.5 Å². The summed E-state index contributed by atoms with van der Waals surface area (Å²) in [5.74, 6) is -1.07. The highest BCUT2D eigenvalue weighted by molar-refractivity contribution is 8.15. The average Bonchev–Trinajstić information content (AvgIpc) is 2.92. The largest absolute Gasteiger partial charge is 0.416 e. The van der Waals surface area contributed by atoms with E-state index in [-0.39, 0.29) is 27.7 Å². The molecule has 1 atom stereocenters. The number of halogens is 4. The molecule has 0 aliphatic carbocycles. The lowest BCUT2D eigenvalue weighted by Crippen LogP contribution is -2.28. The second-order valence-electron chi connectivity index (χ2n) is 7.38. The quantitative estimate of drug-likeness (QED) is 0.517. The fourth-order valence-corrected chi connectivity index (χ4v) is 3.11. The number of hydrogen-bond acceptors (Lipinski definition) is 5. The molecule has 0 radical (unpaired) electrons. The molecule has 0 spiro atoms. The van der Waals surface area contributed by atoms with Crippen LogP contribution in [0.1, 0.15) is 39.7 Å². The molecule has 1 aromatic carbocycles. The Morgan fingerprint density at radius 3 is 2.55 bits per heavy atom. The van der Waals surface area contributed by atoms with Crippen LogP contribution in [0.3, 0.4) is 0 Å². The predicted octanol–water partition coefficient (Wildman–Crippen LogP) is 4.70. The number of amides is 2. The number of alkyl halides is 3. The third kappa shape index (κ3) is 6.46. The molecule has 29 heavy (non-hydrogen) atoms. The van der Waals surface area contributed by atoms with Crippen LogP contribution in [0.15, 0.2) is 28.4 Å². The molecule has 1 aliphatic rings. The Morgan fingerprint density at radius 2 is 1.97 bits per heavy atom. The van der Waals surface area contributed by atoms with Crippen molar-refractivity contribution < 1.29 is 22.8 Å². The molecular weight excluding hydrogens is 429 g/mol. The number of hydrogen-bond donors (Lipinski definition) is 2. The zero-order valence-corrected chi connectivity index (χ0v) is 17.7. The summed E-state index contributed by atoms with van der Waals surface area (Å²) in [7, 11) is 0. The smallest absolute Gasteiger partial charge is 0.325 e. The molecule has 1 heterocycles. The van der Waals surface area contributed by atoms with E-state index >= 15 is 0 Å². The van der Waals surface area contributed by atoms with Gasteiger partial charge < -0.3 is 10.6 Å². The molecule has 2 amide bonds. The highest BCUT2D eigenvalue weighted by Crippen LogP contribution is 2.34. The summed E-state index contributed by atoms with van der Waals surface area (Å²) >= 11 is 6.90. The fraction of sp³-hybridized carbons (Fsp3) is 0.444. The van der Waals surface area contributed by atoms with E-state index in [1.54, 1.807) is 0 Å². The highest BCUT2D eigenvalue weighted by Gasteiger charge is 2.33. The van der Waals surface area contributed by atoms with Crippen LogP contribution in [-0.4, -0.2) is 27.9 Å². The molecule has 158 valence electrons. The number of rotatable bonds is 4. The van der Waals surface area contributed by atoms with E-state index in [1.165, 1.54) is 0 Å². The number of thioether (sulfide) groups is 1. The highest BCUT2D eigenvalue weighted by atomic mass is 35.5. The Bertz CT molecular complexity index is 879. The monoisotopic (exact) mass is 448 g/mol. The van der Waals surface area contributed by atoms with Gasteiger partial charge in [0, 0.05) is 17.5 Å². The Labute approximate surface area is 175 Å². The van der Waals surface area contributed by atoms with Gasteiger partial charge in [0.2, 0.25) is 11.8 Å². The van der Waals surface area contributed by atoms with Crippen LogP contribution in [0, 0.1) is 5.41 Å². The maximum atomic E-state index is 12.8. The van der Waals surface area contributed by atoms with Crippen LogP contribution >= 0.6 is 23.4 Å². The summed E-state index contributed by atoms with van der Waals surface area (Å²) in [6, 6.07) is 2.62. The number of anilines is 1. The van der Waals surface area contributed by atoms with Crippen molar-refractivity contribution in [2.24, 2.45) is 15.6 Å². The van der Waals surface area contributed by atoms with Crippen molar-refractivity contribution in [2.75, 3.05) is 5.32 Å². The first-order chi connectivity index (χ1) is 13.3. The Balaban J connectivity index is 2.04. The van der Waals surface area contributed by atoms with Crippen molar-refractivity contribution >= 4 is 51.7 Å². The van der Waals surface area contributed by atoms with E-state index in [2.05, 4.69) is 20.8 Å². The normalized spacial score (nSPS) is 19.4. The number of nitrogens with one attached hydrogen (secondary N) is 2. The maximum absolute atomic E-state index is 12.8. The van der Waals surface area contributed by atoms with E-state index < -0.39 is 28.8 Å².